The minimum absolute atomic E-state index is 0.577. The van der Waals surface area contributed by atoms with Crippen molar-refractivity contribution in [3.05, 3.63) is 17.6 Å². The average molecular weight is 263 g/mol. The fourth-order valence-electron chi connectivity index (χ4n) is 2.36. The first-order chi connectivity index (χ1) is 9.10. The number of rotatable bonds is 4. The molecule has 5 heteroatoms. The smallest absolute Gasteiger partial charge is 0.147 e. The summed E-state index contributed by atoms with van der Waals surface area (Å²) in [6.07, 6.45) is 1.89. The standard InChI is InChI=1S/C14H25N5/c1-11(8-15)10-18-4-6-19(7-5-18)14-9-16-12(2)13(3)17-14/h9,11H,4-8,10,15H2,1-3H3. The summed E-state index contributed by atoms with van der Waals surface area (Å²) in [5.74, 6) is 1.59. The normalized spacial score (nSPS) is 18.6. The van der Waals surface area contributed by atoms with Crippen molar-refractivity contribution in [3.8, 4) is 0 Å². The molecule has 1 aliphatic rings. The van der Waals surface area contributed by atoms with E-state index in [0.717, 1.165) is 56.5 Å². The lowest BCUT2D eigenvalue weighted by atomic mass is 10.1. The Bertz CT molecular complexity index is 412. The van der Waals surface area contributed by atoms with E-state index in [4.69, 9.17) is 5.73 Å². The van der Waals surface area contributed by atoms with Gasteiger partial charge in [-0.05, 0) is 26.3 Å². The highest BCUT2D eigenvalue weighted by molar-refractivity contribution is 5.38. The average Bonchev–Trinajstić information content (AvgIpc) is 2.42. The fraction of sp³-hybridized carbons (Fsp3) is 0.714. The number of piperazine rings is 1. The third-order valence-corrected chi connectivity index (χ3v) is 3.85. The predicted molar refractivity (Wildman–Crippen MR) is 78.4 cm³/mol. The van der Waals surface area contributed by atoms with Crippen LogP contribution >= 0.6 is 0 Å². The van der Waals surface area contributed by atoms with Crippen molar-refractivity contribution in [2.45, 2.75) is 20.8 Å². The first-order valence-electron chi connectivity index (χ1n) is 7.07. The molecule has 106 valence electrons. The van der Waals surface area contributed by atoms with E-state index in [9.17, 15) is 0 Å². The maximum atomic E-state index is 5.68. The molecule has 0 amide bonds. The predicted octanol–water partition coefficient (Wildman–Crippen LogP) is 0.810. The van der Waals surface area contributed by atoms with E-state index in [1.54, 1.807) is 0 Å². The zero-order chi connectivity index (χ0) is 13.8. The molecule has 0 spiro atoms. The SMILES string of the molecule is Cc1ncc(N2CCN(CC(C)CN)CC2)nc1C. The van der Waals surface area contributed by atoms with Gasteiger partial charge in [-0.1, -0.05) is 6.92 Å². The van der Waals surface area contributed by atoms with E-state index >= 15 is 0 Å². The summed E-state index contributed by atoms with van der Waals surface area (Å²) in [6, 6.07) is 0. The van der Waals surface area contributed by atoms with Crippen LogP contribution in [0.3, 0.4) is 0 Å². The Balaban J connectivity index is 1.90. The van der Waals surface area contributed by atoms with Gasteiger partial charge in [0.1, 0.15) is 5.82 Å². The zero-order valence-electron chi connectivity index (χ0n) is 12.3. The summed E-state index contributed by atoms with van der Waals surface area (Å²) in [7, 11) is 0. The van der Waals surface area contributed by atoms with Crippen molar-refractivity contribution in [3.63, 3.8) is 0 Å². The highest BCUT2D eigenvalue weighted by Gasteiger charge is 2.19. The maximum Gasteiger partial charge on any atom is 0.147 e. The van der Waals surface area contributed by atoms with Crippen molar-refractivity contribution < 1.29 is 0 Å². The molecule has 1 aromatic heterocycles. The quantitative estimate of drug-likeness (QED) is 0.871. The van der Waals surface area contributed by atoms with Crippen molar-refractivity contribution in [1.82, 2.24) is 14.9 Å². The fourth-order valence-corrected chi connectivity index (χ4v) is 2.36. The van der Waals surface area contributed by atoms with Gasteiger partial charge in [-0.3, -0.25) is 9.88 Å². The molecule has 19 heavy (non-hydrogen) atoms. The molecule has 1 atom stereocenters. The molecular formula is C14H25N5. The number of hydrogen-bond donors (Lipinski definition) is 1. The summed E-state index contributed by atoms with van der Waals surface area (Å²) >= 11 is 0. The van der Waals surface area contributed by atoms with Crippen LogP contribution in [0.1, 0.15) is 18.3 Å². The van der Waals surface area contributed by atoms with Crippen LogP contribution in [0.15, 0.2) is 6.20 Å². The maximum absolute atomic E-state index is 5.68. The third kappa shape index (κ3) is 3.64. The highest BCUT2D eigenvalue weighted by Crippen LogP contribution is 2.14. The molecule has 5 nitrogen and oxygen atoms in total. The molecule has 1 aromatic rings. The summed E-state index contributed by atoms with van der Waals surface area (Å²) in [5.41, 5.74) is 7.72. The lowest BCUT2D eigenvalue weighted by Gasteiger charge is -2.36. The van der Waals surface area contributed by atoms with E-state index in [-0.39, 0.29) is 0 Å². The first kappa shape index (κ1) is 14.2. The van der Waals surface area contributed by atoms with Crippen LogP contribution in [0.2, 0.25) is 0 Å². The topological polar surface area (TPSA) is 58.3 Å². The molecule has 1 aliphatic heterocycles. The lowest BCUT2D eigenvalue weighted by molar-refractivity contribution is 0.226. The number of nitrogens with zero attached hydrogens (tertiary/aromatic N) is 4. The molecule has 1 saturated heterocycles. The molecule has 0 radical (unpaired) electrons. The van der Waals surface area contributed by atoms with Gasteiger partial charge in [0.2, 0.25) is 0 Å². The van der Waals surface area contributed by atoms with E-state index in [1.165, 1.54) is 0 Å². The summed E-state index contributed by atoms with van der Waals surface area (Å²) in [4.78, 5) is 13.8. The Labute approximate surface area is 115 Å². The minimum atomic E-state index is 0.577. The van der Waals surface area contributed by atoms with Crippen LogP contribution in [-0.2, 0) is 0 Å². The van der Waals surface area contributed by atoms with Gasteiger partial charge < -0.3 is 10.6 Å². The Hall–Kier alpha value is -1.20. The molecule has 0 bridgehead atoms. The first-order valence-corrected chi connectivity index (χ1v) is 7.07. The Morgan fingerprint density at radius 3 is 2.47 bits per heavy atom. The van der Waals surface area contributed by atoms with Crippen LogP contribution in [-0.4, -0.2) is 54.1 Å². The molecule has 2 heterocycles. The summed E-state index contributed by atoms with van der Waals surface area (Å²) < 4.78 is 0. The van der Waals surface area contributed by atoms with Crippen molar-refractivity contribution in [1.29, 1.82) is 0 Å². The highest BCUT2D eigenvalue weighted by atomic mass is 15.3. The molecular weight excluding hydrogens is 238 g/mol. The van der Waals surface area contributed by atoms with Gasteiger partial charge in [0.25, 0.3) is 0 Å². The third-order valence-electron chi connectivity index (χ3n) is 3.85. The monoisotopic (exact) mass is 263 g/mol. The second kappa shape index (κ2) is 6.30. The molecule has 0 saturated carbocycles. The summed E-state index contributed by atoms with van der Waals surface area (Å²) in [5, 5.41) is 0. The van der Waals surface area contributed by atoms with Crippen LogP contribution < -0.4 is 10.6 Å². The Kier molecular flexibility index (Phi) is 4.71. The van der Waals surface area contributed by atoms with Gasteiger partial charge in [-0.2, -0.15) is 0 Å². The van der Waals surface area contributed by atoms with Gasteiger partial charge in [0, 0.05) is 32.7 Å². The molecule has 2 N–H and O–H groups in total. The van der Waals surface area contributed by atoms with Gasteiger partial charge in [0.15, 0.2) is 0 Å². The number of anilines is 1. The lowest BCUT2D eigenvalue weighted by Crippen LogP contribution is -2.48. The number of nitrogens with two attached hydrogens (primary N) is 1. The number of aromatic nitrogens is 2. The molecule has 1 fully saturated rings. The largest absolute Gasteiger partial charge is 0.353 e. The van der Waals surface area contributed by atoms with Crippen LogP contribution in [0.25, 0.3) is 0 Å². The Morgan fingerprint density at radius 2 is 1.89 bits per heavy atom. The molecule has 1 unspecified atom stereocenters. The van der Waals surface area contributed by atoms with Crippen LogP contribution in [0.4, 0.5) is 5.82 Å². The number of hydrogen-bond acceptors (Lipinski definition) is 5. The van der Waals surface area contributed by atoms with Crippen molar-refractivity contribution >= 4 is 5.82 Å². The molecule has 0 aromatic carbocycles. The van der Waals surface area contributed by atoms with Crippen molar-refractivity contribution in [2.24, 2.45) is 11.7 Å². The zero-order valence-corrected chi connectivity index (χ0v) is 12.3. The van der Waals surface area contributed by atoms with Gasteiger partial charge in [0.05, 0.1) is 17.6 Å². The molecule has 2 rings (SSSR count). The van der Waals surface area contributed by atoms with E-state index in [2.05, 4.69) is 26.7 Å². The van der Waals surface area contributed by atoms with E-state index in [0.29, 0.717) is 5.92 Å². The minimum Gasteiger partial charge on any atom is -0.353 e. The Morgan fingerprint density at radius 1 is 1.21 bits per heavy atom. The molecule has 0 aliphatic carbocycles. The second-order valence-electron chi connectivity index (χ2n) is 5.53. The van der Waals surface area contributed by atoms with Gasteiger partial charge in [-0.25, -0.2) is 4.98 Å². The van der Waals surface area contributed by atoms with Crippen molar-refractivity contribution in [2.75, 3.05) is 44.2 Å². The van der Waals surface area contributed by atoms with Crippen LogP contribution in [0.5, 0.6) is 0 Å². The van der Waals surface area contributed by atoms with Gasteiger partial charge >= 0.3 is 0 Å². The van der Waals surface area contributed by atoms with Gasteiger partial charge in [-0.15, -0.1) is 0 Å². The number of aryl methyl sites for hydroxylation is 2. The summed E-state index contributed by atoms with van der Waals surface area (Å²) in [6.45, 7) is 12.3. The van der Waals surface area contributed by atoms with E-state index < -0.39 is 0 Å². The van der Waals surface area contributed by atoms with Crippen LogP contribution in [0, 0.1) is 19.8 Å². The van der Waals surface area contributed by atoms with E-state index in [1.807, 2.05) is 20.0 Å². The second-order valence-corrected chi connectivity index (χ2v) is 5.53.